The largest absolute Gasteiger partial charge is 0.289 e. The Bertz CT molecular complexity index is 486. The molecule has 0 saturated heterocycles. The molecule has 0 amide bonds. The summed E-state index contributed by atoms with van der Waals surface area (Å²) in [5.74, 6) is 0.0175. The fourth-order valence-electron chi connectivity index (χ4n) is 3.07. The van der Waals surface area contributed by atoms with Crippen LogP contribution in [0.1, 0.15) is 66.2 Å². The molecule has 3 heteroatoms. The van der Waals surface area contributed by atoms with Crippen molar-refractivity contribution < 1.29 is 0 Å². The van der Waals surface area contributed by atoms with E-state index in [9.17, 15) is 0 Å². The number of unbranched alkanes of at least 4 members (excludes halogenated alkanes) is 1. The SMILES string of the molecule is CCCCC(CC)CN=C1C=C(C(C#N)C#N)CC(C)(C)C1. The second-order valence-corrected chi connectivity index (χ2v) is 7.18. The lowest BCUT2D eigenvalue weighted by Crippen LogP contribution is -2.24. The number of allylic oxidation sites excluding steroid dienone is 2. The van der Waals surface area contributed by atoms with Gasteiger partial charge >= 0.3 is 0 Å². The molecule has 0 aromatic carbocycles. The number of hydrogen-bond donors (Lipinski definition) is 0. The van der Waals surface area contributed by atoms with Crippen LogP contribution < -0.4 is 0 Å². The molecule has 1 aliphatic carbocycles. The van der Waals surface area contributed by atoms with Crippen molar-refractivity contribution in [1.29, 1.82) is 10.5 Å². The Balaban J connectivity index is 2.87. The van der Waals surface area contributed by atoms with Crippen LogP contribution in [0, 0.1) is 39.9 Å². The van der Waals surface area contributed by atoms with Crippen molar-refractivity contribution in [1.82, 2.24) is 0 Å². The Labute approximate surface area is 135 Å². The molecule has 0 fully saturated rings. The van der Waals surface area contributed by atoms with Gasteiger partial charge in [-0.15, -0.1) is 0 Å². The van der Waals surface area contributed by atoms with Gasteiger partial charge in [-0.3, -0.25) is 4.99 Å². The predicted molar refractivity (Wildman–Crippen MR) is 91.4 cm³/mol. The molecule has 120 valence electrons. The van der Waals surface area contributed by atoms with E-state index in [0.717, 1.165) is 37.1 Å². The zero-order chi connectivity index (χ0) is 16.6. The van der Waals surface area contributed by atoms with Gasteiger partial charge in [0.2, 0.25) is 0 Å². The quantitative estimate of drug-likeness (QED) is 0.660. The molecule has 0 spiro atoms. The van der Waals surface area contributed by atoms with Crippen molar-refractivity contribution in [3.63, 3.8) is 0 Å². The molecule has 0 saturated carbocycles. The van der Waals surface area contributed by atoms with Gasteiger partial charge in [0.1, 0.15) is 0 Å². The molecule has 0 radical (unpaired) electrons. The number of rotatable bonds is 7. The minimum absolute atomic E-state index is 0.0833. The lowest BCUT2D eigenvalue weighted by molar-refractivity contribution is 0.365. The standard InChI is InChI=1S/C19H29N3/c1-5-7-8-15(6-2)14-22-18-9-16(17(12-20)13-21)10-19(3,4)11-18/h9,15,17H,5-8,10-11,14H2,1-4H3. The average molecular weight is 299 g/mol. The first-order valence-corrected chi connectivity index (χ1v) is 8.48. The highest BCUT2D eigenvalue weighted by Crippen LogP contribution is 2.37. The van der Waals surface area contributed by atoms with Crippen molar-refractivity contribution in [3.8, 4) is 12.1 Å². The first-order valence-electron chi connectivity index (χ1n) is 8.48. The normalized spacial score (nSPS) is 20.3. The second-order valence-electron chi connectivity index (χ2n) is 7.18. The molecule has 3 nitrogen and oxygen atoms in total. The van der Waals surface area contributed by atoms with E-state index in [1.54, 1.807) is 0 Å². The van der Waals surface area contributed by atoms with Gasteiger partial charge in [0.15, 0.2) is 5.92 Å². The van der Waals surface area contributed by atoms with Crippen molar-refractivity contribution in [2.45, 2.75) is 66.2 Å². The zero-order valence-electron chi connectivity index (χ0n) is 14.5. The lowest BCUT2D eigenvalue weighted by atomic mass is 9.73. The van der Waals surface area contributed by atoms with E-state index in [4.69, 9.17) is 15.5 Å². The summed E-state index contributed by atoms with van der Waals surface area (Å²) in [6.07, 6.45) is 8.65. The molecule has 22 heavy (non-hydrogen) atoms. The van der Waals surface area contributed by atoms with Crippen LogP contribution in [0.15, 0.2) is 16.6 Å². The van der Waals surface area contributed by atoms with E-state index < -0.39 is 5.92 Å². The van der Waals surface area contributed by atoms with Crippen LogP contribution in [-0.2, 0) is 0 Å². The summed E-state index contributed by atoms with van der Waals surface area (Å²) in [6.45, 7) is 9.70. The van der Waals surface area contributed by atoms with Crippen molar-refractivity contribution >= 4 is 5.71 Å². The third kappa shape index (κ3) is 5.64. The maximum Gasteiger partial charge on any atom is 0.154 e. The van der Waals surface area contributed by atoms with Gasteiger partial charge in [0.25, 0.3) is 0 Å². The summed E-state index contributed by atoms with van der Waals surface area (Å²) >= 11 is 0. The van der Waals surface area contributed by atoms with Gasteiger partial charge in [0, 0.05) is 12.3 Å². The van der Waals surface area contributed by atoms with Crippen LogP contribution in [0.5, 0.6) is 0 Å². The molecule has 1 aliphatic rings. The number of nitrogens with zero attached hydrogens (tertiary/aromatic N) is 3. The first-order chi connectivity index (χ1) is 10.5. The molecule has 0 aliphatic heterocycles. The van der Waals surface area contributed by atoms with Gasteiger partial charge in [-0.05, 0) is 42.2 Å². The smallest absolute Gasteiger partial charge is 0.154 e. The van der Waals surface area contributed by atoms with E-state index in [1.807, 2.05) is 6.08 Å². The van der Waals surface area contributed by atoms with Crippen LogP contribution >= 0.6 is 0 Å². The van der Waals surface area contributed by atoms with Crippen LogP contribution in [-0.4, -0.2) is 12.3 Å². The average Bonchev–Trinajstić information content (AvgIpc) is 2.47. The fourth-order valence-corrected chi connectivity index (χ4v) is 3.07. The molecule has 0 heterocycles. The number of hydrogen-bond acceptors (Lipinski definition) is 3. The van der Waals surface area contributed by atoms with E-state index >= 15 is 0 Å². The highest BCUT2D eigenvalue weighted by Gasteiger charge is 2.29. The first kappa shape index (κ1) is 18.4. The summed E-state index contributed by atoms with van der Waals surface area (Å²) < 4.78 is 0. The fraction of sp³-hybridized carbons (Fsp3) is 0.737. The molecule has 1 atom stereocenters. The molecule has 0 aromatic heterocycles. The maximum absolute atomic E-state index is 9.13. The van der Waals surface area contributed by atoms with Crippen LogP contribution in [0.3, 0.4) is 0 Å². The number of aliphatic imine (C=N–C) groups is 1. The highest BCUT2D eigenvalue weighted by atomic mass is 14.7. The number of nitriles is 2. The van der Waals surface area contributed by atoms with Crippen LogP contribution in [0.4, 0.5) is 0 Å². The monoisotopic (exact) mass is 299 g/mol. The van der Waals surface area contributed by atoms with Gasteiger partial charge in [-0.2, -0.15) is 10.5 Å². The van der Waals surface area contributed by atoms with E-state index in [2.05, 4.69) is 39.8 Å². The van der Waals surface area contributed by atoms with E-state index in [0.29, 0.717) is 5.92 Å². The Kier molecular flexibility index (Phi) is 7.33. The van der Waals surface area contributed by atoms with Gasteiger partial charge in [0.05, 0.1) is 12.1 Å². The Morgan fingerprint density at radius 1 is 1.23 bits per heavy atom. The zero-order valence-corrected chi connectivity index (χ0v) is 14.5. The predicted octanol–water partition coefficient (Wildman–Crippen LogP) is 5.05. The van der Waals surface area contributed by atoms with E-state index in [-0.39, 0.29) is 5.41 Å². The topological polar surface area (TPSA) is 59.9 Å². The third-order valence-electron chi connectivity index (χ3n) is 4.42. The van der Waals surface area contributed by atoms with Crippen molar-refractivity contribution in [2.75, 3.05) is 6.54 Å². The summed E-state index contributed by atoms with van der Waals surface area (Å²) in [7, 11) is 0. The molecule has 0 bridgehead atoms. The van der Waals surface area contributed by atoms with Gasteiger partial charge in [-0.25, -0.2) is 0 Å². The second kappa shape index (κ2) is 8.74. The van der Waals surface area contributed by atoms with Crippen LogP contribution in [0.25, 0.3) is 0 Å². The van der Waals surface area contributed by atoms with Crippen molar-refractivity contribution in [2.24, 2.45) is 22.2 Å². The molecule has 0 N–H and O–H groups in total. The maximum atomic E-state index is 9.13. The van der Waals surface area contributed by atoms with Gasteiger partial charge < -0.3 is 0 Å². The summed E-state index contributed by atoms with van der Waals surface area (Å²) in [6, 6.07) is 4.20. The minimum atomic E-state index is -0.633. The molecular formula is C19H29N3. The summed E-state index contributed by atoms with van der Waals surface area (Å²) in [5.41, 5.74) is 2.08. The van der Waals surface area contributed by atoms with Crippen LogP contribution in [0.2, 0.25) is 0 Å². The lowest BCUT2D eigenvalue weighted by Gasteiger charge is -2.31. The van der Waals surface area contributed by atoms with Gasteiger partial charge in [-0.1, -0.05) is 47.0 Å². The van der Waals surface area contributed by atoms with Crippen molar-refractivity contribution in [3.05, 3.63) is 11.6 Å². The third-order valence-corrected chi connectivity index (χ3v) is 4.42. The Hall–Kier alpha value is -1.61. The Morgan fingerprint density at radius 2 is 1.91 bits per heavy atom. The molecule has 1 unspecified atom stereocenters. The minimum Gasteiger partial charge on any atom is -0.289 e. The Morgan fingerprint density at radius 3 is 2.45 bits per heavy atom. The molecule has 0 aromatic rings. The summed E-state index contributed by atoms with van der Waals surface area (Å²) in [4.78, 5) is 4.83. The highest BCUT2D eigenvalue weighted by molar-refractivity contribution is 5.97. The molecule has 1 rings (SSSR count). The molecular weight excluding hydrogens is 270 g/mol. The summed E-state index contributed by atoms with van der Waals surface area (Å²) in [5, 5.41) is 18.3. The van der Waals surface area contributed by atoms with E-state index in [1.165, 1.54) is 19.3 Å².